The molecule has 3 rings (SSSR count). The van der Waals surface area contributed by atoms with Crippen molar-refractivity contribution in [2.45, 2.75) is 24.7 Å². The molecular formula is C20H22N2O3. The van der Waals surface area contributed by atoms with Gasteiger partial charge in [-0.1, -0.05) is 36.8 Å². The topological polar surface area (TPSA) is 67.4 Å². The Morgan fingerprint density at radius 3 is 2.08 bits per heavy atom. The van der Waals surface area contributed by atoms with E-state index in [9.17, 15) is 9.59 Å². The molecule has 2 amide bonds. The van der Waals surface area contributed by atoms with Crippen LogP contribution >= 0.6 is 0 Å². The predicted molar refractivity (Wildman–Crippen MR) is 97.5 cm³/mol. The van der Waals surface area contributed by atoms with Gasteiger partial charge in [-0.2, -0.15) is 0 Å². The highest BCUT2D eigenvalue weighted by Crippen LogP contribution is 2.44. The predicted octanol–water partition coefficient (Wildman–Crippen LogP) is 3.33. The highest BCUT2D eigenvalue weighted by Gasteiger charge is 2.45. The molecule has 0 atom stereocenters. The fourth-order valence-electron chi connectivity index (χ4n) is 3.15. The fourth-order valence-corrected chi connectivity index (χ4v) is 3.15. The molecule has 1 fully saturated rings. The summed E-state index contributed by atoms with van der Waals surface area (Å²) in [7, 11) is 1.47. The average Bonchev–Trinajstić information content (AvgIpc) is 2.57. The van der Waals surface area contributed by atoms with Crippen LogP contribution in [0.15, 0.2) is 54.6 Å². The molecule has 0 bridgehead atoms. The number of anilines is 2. The van der Waals surface area contributed by atoms with Gasteiger partial charge in [0.2, 0.25) is 11.8 Å². The molecule has 0 heterocycles. The van der Waals surface area contributed by atoms with Crippen molar-refractivity contribution >= 4 is 23.2 Å². The first-order chi connectivity index (χ1) is 12.1. The van der Waals surface area contributed by atoms with E-state index in [-0.39, 0.29) is 18.4 Å². The second kappa shape index (κ2) is 7.49. The molecule has 1 aliphatic carbocycles. The van der Waals surface area contributed by atoms with Crippen molar-refractivity contribution in [3.8, 4) is 0 Å². The lowest BCUT2D eigenvalue weighted by Crippen LogP contribution is -2.45. The molecule has 5 heteroatoms. The number of benzene rings is 2. The lowest BCUT2D eigenvalue weighted by Gasteiger charge is -2.40. The lowest BCUT2D eigenvalue weighted by atomic mass is 9.64. The van der Waals surface area contributed by atoms with E-state index >= 15 is 0 Å². The molecule has 0 aliphatic heterocycles. The minimum atomic E-state index is -0.424. The number of carbonyl (C=O) groups is 2. The molecule has 2 aromatic carbocycles. The van der Waals surface area contributed by atoms with Crippen molar-refractivity contribution in [1.29, 1.82) is 0 Å². The Kier molecular flexibility index (Phi) is 5.14. The summed E-state index contributed by atoms with van der Waals surface area (Å²) in [6.45, 7) is 0.0120. The molecule has 2 N–H and O–H groups in total. The number of amides is 2. The largest absolute Gasteiger partial charge is 0.375 e. The Balaban J connectivity index is 1.67. The molecular weight excluding hydrogens is 316 g/mol. The van der Waals surface area contributed by atoms with Gasteiger partial charge in [-0.05, 0) is 42.7 Å². The third-order valence-corrected chi connectivity index (χ3v) is 4.67. The molecule has 1 aliphatic rings. The smallest absolute Gasteiger partial charge is 0.250 e. The zero-order valence-electron chi connectivity index (χ0n) is 14.2. The summed E-state index contributed by atoms with van der Waals surface area (Å²) in [5.74, 6) is -0.182. The number of rotatable bonds is 6. The summed E-state index contributed by atoms with van der Waals surface area (Å²) in [6.07, 6.45) is 2.80. The minimum absolute atomic E-state index is 0.0120. The van der Waals surface area contributed by atoms with Gasteiger partial charge in [0, 0.05) is 18.5 Å². The Hall–Kier alpha value is -2.66. The first kappa shape index (κ1) is 17.2. The Bertz CT molecular complexity index is 737. The maximum absolute atomic E-state index is 12.9. The van der Waals surface area contributed by atoms with Gasteiger partial charge in [0.05, 0.1) is 5.41 Å². The van der Waals surface area contributed by atoms with E-state index in [1.54, 1.807) is 24.3 Å². The van der Waals surface area contributed by atoms with E-state index in [1.807, 2.05) is 30.3 Å². The second-order valence-electron chi connectivity index (χ2n) is 6.31. The van der Waals surface area contributed by atoms with Crippen LogP contribution in [-0.2, 0) is 19.7 Å². The van der Waals surface area contributed by atoms with E-state index in [2.05, 4.69) is 10.6 Å². The van der Waals surface area contributed by atoms with Crippen molar-refractivity contribution in [3.63, 3.8) is 0 Å². The zero-order chi connectivity index (χ0) is 17.7. The highest BCUT2D eigenvalue weighted by atomic mass is 16.5. The first-order valence-corrected chi connectivity index (χ1v) is 8.40. The normalized spacial score (nSPS) is 15.1. The van der Waals surface area contributed by atoms with Gasteiger partial charge in [-0.3, -0.25) is 9.59 Å². The van der Waals surface area contributed by atoms with Crippen LogP contribution in [0.1, 0.15) is 24.8 Å². The van der Waals surface area contributed by atoms with Gasteiger partial charge in [-0.15, -0.1) is 0 Å². The monoisotopic (exact) mass is 338 g/mol. The molecule has 5 nitrogen and oxygen atoms in total. The van der Waals surface area contributed by atoms with Gasteiger partial charge >= 0.3 is 0 Å². The van der Waals surface area contributed by atoms with Crippen LogP contribution in [0.3, 0.4) is 0 Å². The highest BCUT2D eigenvalue weighted by molar-refractivity contribution is 6.00. The molecule has 130 valence electrons. The maximum Gasteiger partial charge on any atom is 0.250 e. The summed E-state index contributed by atoms with van der Waals surface area (Å²) in [4.78, 5) is 24.4. The standard InChI is InChI=1S/C20H22N2O3/c1-25-14-18(23)21-16-8-10-17(11-9-16)22-19(24)20(12-5-13-20)15-6-3-2-4-7-15/h2-4,6-11H,5,12-14H2,1H3,(H,21,23)(H,22,24). The molecule has 0 spiro atoms. The molecule has 25 heavy (non-hydrogen) atoms. The molecule has 2 aromatic rings. The SMILES string of the molecule is COCC(=O)Nc1ccc(NC(=O)C2(c3ccccc3)CCC2)cc1. The van der Waals surface area contributed by atoms with Gasteiger partial charge in [0.25, 0.3) is 0 Å². The van der Waals surface area contributed by atoms with Gasteiger partial charge in [0.15, 0.2) is 0 Å². The number of methoxy groups -OCH3 is 1. The van der Waals surface area contributed by atoms with Crippen LogP contribution in [0.4, 0.5) is 11.4 Å². The second-order valence-corrected chi connectivity index (χ2v) is 6.31. The van der Waals surface area contributed by atoms with Crippen molar-refractivity contribution in [2.24, 2.45) is 0 Å². The summed E-state index contributed by atoms with van der Waals surface area (Å²) >= 11 is 0. The van der Waals surface area contributed by atoms with Gasteiger partial charge in [-0.25, -0.2) is 0 Å². The van der Waals surface area contributed by atoms with E-state index in [4.69, 9.17) is 4.74 Å². The van der Waals surface area contributed by atoms with Crippen LogP contribution in [0, 0.1) is 0 Å². The summed E-state index contributed by atoms with van der Waals surface area (Å²) < 4.78 is 4.78. The summed E-state index contributed by atoms with van der Waals surface area (Å²) in [6, 6.07) is 17.1. The quantitative estimate of drug-likeness (QED) is 0.849. The van der Waals surface area contributed by atoms with Crippen LogP contribution < -0.4 is 10.6 Å². The number of carbonyl (C=O) groups excluding carboxylic acids is 2. The van der Waals surface area contributed by atoms with E-state index < -0.39 is 5.41 Å². The van der Waals surface area contributed by atoms with E-state index in [0.29, 0.717) is 5.69 Å². The lowest BCUT2D eigenvalue weighted by molar-refractivity contribution is -0.124. The molecule has 0 radical (unpaired) electrons. The van der Waals surface area contributed by atoms with Crippen molar-refractivity contribution in [2.75, 3.05) is 24.4 Å². The van der Waals surface area contributed by atoms with Crippen LogP contribution in [-0.4, -0.2) is 25.5 Å². The Morgan fingerprint density at radius 2 is 1.56 bits per heavy atom. The minimum Gasteiger partial charge on any atom is -0.375 e. The molecule has 0 saturated heterocycles. The fraction of sp³-hybridized carbons (Fsp3) is 0.300. The van der Waals surface area contributed by atoms with Gasteiger partial charge < -0.3 is 15.4 Å². The summed E-state index contributed by atoms with van der Waals surface area (Å²) in [5, 5.41) is 5.74. The number of nitrogens with one attached hydrogen (secondary N) is 2. The van der Waals surface area contributed by atoms with Crippen molar-refractivity contribution < 1.29 is 14.3 Å². The first-order valence-electron chi connectivity index (χ1n) is 8.40. The van der Waals surface area contributed by atoms with E-state index in [1.165, 1.54) is 7.11 Å². The number of hydrogen-bond acceptors (Lipinski definition) is 3. The van der Waals surface area contributed by atoms with Gasteiger partial charge in [0.1, 0.15) is 6.61 Å². The Morgan fingerprint density at radius 1 is 0.960 bits per heavy atom. The number of ether oxygens (including phenoxy) is 1. The van der Waals surface area contributed by atoms with Crippen LogP contribution in [0.25, 0.3) is 0 Å². The number of hydrogen-bond donors (Lipinski definition) is 2. The van der Waals surface area contributed by atoms with E-state index in [0.717, 1.165) is 30.5 Å². The molecule has 0 unspecified atom stereocenters. The van der Waals surface area contributed by atoms with Crippen molar-refractivity contribution in [3.05, 3.63) is 60.2 Å². The third kappa shape index (κ3) is 3.72. The summed E-state index contributed by atoms with van der Waals surface area (Å²) in [5.41, 5.74) is 2.03. The third-order valence-electron chi connectivity index (χ3n) is 4.67. The van der Waals surface area contributed by atoms with Crippen molar-refractivity contribution in [1.82, 2.24) is 0 Å². The Labute approximate surface area is 147 Å². The molecule has 1 saturated carbocycles. The maximum atomic E-state index is 12.9. The average molecular weight is 338 g/mol. The molecule has 0 aromatic heterocycles. The van der Waals surface area contributed by atoms with Crippen LogP contribution in [0.5, 0.6) is 0 Å². The van der Waals surface area contributed by atoms with Crippen LogP contribution in [0.2, 0.25) is 0 Å². The zero-order valence-corrected chi connectivity index (χ0v) is 14.2.